The second-order valence-corrected chi connectivity index (χ2v) is 4.80. The molecule has 21 heavy (non-hydrogen) atoms. The topological polar surface area (TPSA) is 48.0 Å². The van der Waals surface area contributed by atoms with Crippen LogP contribution in [0.4, 0.5) is 0 Å². The Bertz CT molecular complexity index is 469. The zero-order valence-electron chi connectivity index (χ0n) is 12.8. The van der Waals surface area contributed by atoms with Crippen molar-refractivity contribution < 1.29 is 19.0 Å². The molecule has 1 amide bonds. The molecule has 5 nitrogen and oxygen atoms in total. The molecule has 1 saturated heterocycles. The van der Waals surface area contributed by atoms with Crippen LogP contribution >= 0.6 is 0 Å². The number of hydrogen-bond donors (Lipinski definition) is 0. The van der Waals surface area contributed by atoms with Gasteiger partial charge in [0.25, 0.3) is 5.91 Å². The Kier molecular flexibility index (Phi) is 6.02. The van der Waals surface area contributed by atoms with E-state index in [0.29, 0.717) is 51.7 Å². The highest BCUT2D eigenvalue weighted by Gasteiger charge is 2.19. The molecule has 0 N–H and O–H groups in total. The average Bonchev–Trinajstić information content (AvgIpc) is 2.54. The van der Waals surface area contributed by atoms with Crippen LogP contribution in [0.3, 0.4) is 0 Å². The Morgan fingerprint density at radius 1 is 1.24 bits per heavy atom. The molecule has 0 bridgehead atoms. The number of rotatable bonds is 6. The molecular formula is C16H23NO4. The van der Waals surface area contributed by atoms with Gasteiger partial charge < -0.3 is 19.1 Å². The van der Waals surface area contributed by atoms with E-state index in [-0.39, 0.29) is 5.91 Å². The zero-order chi connectivity index (χ0) is 15.1. The van der Waals surface area contributed by atoms with Gasteiger partial charge in [-0.3, -0.25) is 4.79 Å². The monoisotopic (exact) mass is 293 g/mol. The molecular weight excluding hydrogens is 270 g/mol. The summed E-state index contributed by atoms with van der Waals surface area (Å²) in [6.45, 7) is 8.07. The molecule has 0 radical (unpaired) electrons. The van der Waals surface area contributed by atoms with E-state index >= 15 is 0 Å². The normalized spacial score (nSPS) is 15.0. The number of carbonyl (C=O) groups is 1. The minimum atomic E-state index is 0.0408. The van der Waals surface area contributed by atoms with Crippen molar-refractivity contribution in [2.45, 2.75) is 20.5 Å². The third-order valence-corrected chi connectivity index (χ3v) is 3.37. The Hall–Kier alpha value is -1.59. The van der Waals surface area contributed by atoms with Gasteiger partial charge >= 0.3 is 0 Å². The van der Waals surface area contributed by atoms with Crippen LogP contribution in [0.5, 0.6) is 5.75 Å². The molecule has 0 aliphatic carbocycles. The third-order valence-electron chi connectivity index (χ3n) is 3.37. The van der Waals surface area contributed by atoms with Crippen molar-refractivity contribution in [3.63, 3.8) is 0 Å². The van der Waals surface area contributed by atoms with E-state index in [2.05, 4.69) is 0 Å². The molecule has 0 saturated carbocycles. The molecule has 5 heteroatoms. The SMILES string of the molecule is CCOCc1cc(C(=O)N2CCOCC2)ccc1OCC. The van der Waals surface area contributed by atoms with Gasteiger partial charge in [0.15, 0.2) is 0 Å². The lowest BCUT2D eigenvalue weighted by Gasteiger charge is -2.27. The molecule has 0 atom stereocenters. The first-order valence-electron chi connectivity index (χ1n) is 7.46. The van der Waals surface area contributed by atoms with Crippen LogP contribution in [0.1, 0.15) is 29.8 Å². The molecule has 2 rings (SSSR count). The number of nitrogens with zero attached hydrogens (tertiary/aromatic N) is 1. The van der Waals surface area contributed by atoms with Crippen molar-refractivity contribution in [1.82, 2.24) is 4.90 Å². The standard InChI is InChI=1S/C16H23NO4/c1-3-19-12-14-11-13(5-6-15(14)21-4-2)16(18)17-7-9-20-10-8-17/h5-6,11H,3-4,7-10,12H2,1-2H3. The van der Waals surface area contributed by atoms with E-state index in [1.54, 1.807) is 0 Å². The number of morpholine rings is 1. The Morgan fingerprint density at radius 2 is 2.00 bits per heavy atom. The van der Waals surface area contributed by atoms with Gasteiger partial charge in [0.2, 0.25) is 0 Å². The molecule has 1 aromatic rings. The lowest BCUT2D eigenvalue weighted by molar-refractivity contribution is 0.0302. The summed E-state index contributed by atoms with van der Waals surface area (Å²) in [7, 11) is 0. The molecule has 1 fully saturated rings. The average molecular weight is 293 g/mol. The van der Waals surface area contributed by atoms with Crippen molar-refractivity contribution in [3.8, 4) is 5.75 Å². The van der Waals surface area contributed by atoms with Gasteiger partial charge in [-0.1, -0.05) is 0 Å². The molecule has 116 valence electrons. The van der Waals surface area contributed by atoms with Gasteiger partial charge in [0.05, 0.1) is 26.4 Å². The zero-order valence-corrected chi connectivity index (χ0v) is 12.8. The molecule has 0 aromatic heterocycles. The van der Waals surface area contributed by atoms with Gasteiger partial charge in [-0.05, 0) is 32.0 Å². The summed E-state index contributed by atoms with van der Waals surface area (Å²) in [5, 5.41) is 0. The second-order valence-electron chi connectivity index (χ2n) is 4.80. The predicted molar refractivity (Wildman–Crippen MR) is 79.7 cm³/mol. The van der Waals surface area contributed by atoms with E-state index in [0.717, 1.165) is 11.3 Å². The van der Waals surface area contributed by atoms with E-state index < -0.39 is 0 Å². The maximum Gasteiger partial charge on any atom is 0.254 e. The number of ether oxygens (including phenoxy) is 3. The van der Waals surface area contributed by atoms with Gasteiger partial charge in [-0.25, -0.2) is 0 Å². The fraction of sp³-hybridized carbons (Fsp3) is 0.562. The van der Waals surface area contributed by atoms with E-state index in [1.807, 2.05) is 36.9 Å². The smallest absolute Gasteiger partial charge is 0.254 e. The van der Waals surface area contributed by atoms with E-state index in [9.17, 15) is 4.79 Å². The van der Waals surface area contributed by atoms with Crippen molar-refractivity contribution in [1.29, 1.82) is 0 Å². The van der Waals surface area contributed by atoms with Crippen LogP contribution in [0.2, 0.25) is 0 Å². The van der Waals surface area contributed by atoms with Crippen molar-refractivity contribution in [2.75, 3.05) is 39.5 Å². The largest absolute Gasteiger partial charge is 0.494 e. The lowest BCUT2D eigenvalue weighted by Crippen LogP contribution is -2.40. The summed E-state index contributed by atoms with van der Waals surface area (Å²) in [5.74, 6) is 0.823. The third kappa shape index (κ3) is 4.19. The summed E-state index contributed by atoms with van der Waals surface area (Å²) in [6.07, 6.45) is 0. The predicted octanol–water partition coefficient (Wildman–Crippen LogP) is 2.09. The fourth-order valence-corrected chi connectivity index (χ4v) is 2.28. The Balaban J connectivity index is 2.16. The quantitative estimate of drug-likeness (QED) is 0.806. The maximum absolute atomic E-state index is 12.5. The van der Waals surface area contributed by atoms with Crippen LogP contribution in [0, 0.1) is 0 Å². The number of carbonyl (C=O) groups excluding carboxylic acids is 1. The van der Waals surface area contributed by atoms with E-state index in [4.69, 9.17) is 14.2 Å². The summed E-state index contributed by atoms with van der Waals surface area (Å²) in [5.41, 5.74) is 1.59. The van der Waals surface area contributed by atoms with Gasteiger partial charge in [-0.2, -0.15) is 0 Å². The number of hydrogen-bond acceptors (Lipinski definition) is 4. The molecule has 1 aliphatic rings. The highest BCUT2D eigenvalue weighted by Crippen LogP contribution is 2.22. The first-order chi connectivity index (χ1) is 10.3. The molecule has 1 heterocycles. The second kappa shape index (κ2) is 8.00. The van der Waals surface area contributed by atoms with Gasteiger partial charge in [0.1, 0.15) is 5.75 Å². The van der Waals surface area contributed by atoms with Gasteiger partial charge in [0, 0.05) is 30.8 Å². The highest BCUT2D eigenvalue weighted by atomic mass is 16.5. The summed E-state index contributed by atoms with van der Waals surface area (Å²) in [4.78, 5) is 14.3. The first kappa shape index (κ1) is 15.8. The van der Waals surface area contributed by atoms with Crippen LogP contribution in [-0.4, -0.2) is 50.3 Å². The fourth-order valence-electron chi connectivity index (χ4n) is 2.28. The lowest BCUT2D eigenvalue weighted by atomic mass is 10.1. The maximum atomic E-state index is 12.5. The first-order valence-corrected chi connectivity index (χ1v) is 7.46. The molecule has 1 aromatic carbocycles. The molecule has 0 unspecified atom stereocenters. The van der Waals surface area contributed by atoms with Crippen molar-refractivity contribution >= 4 is 5.91 Å². The van der Waals surface area contributed by atoms with E-state index in [1.165, 1.54) is 0 Å². The highest BCUT2D eigenvalue weighted by molar-refractivity contribution is 5.94. The molecule has 0 spiro atoms. The Morgan fingerprint density at radius 3 is 2.67 bits per heavy atom. The summed E-state index contributed by atoms with van der Waals surface area (Å²) in [6, 6.07) is 5.54. The van der Waals surface area contributed by atoms with Crippen molar-refractivity contribution in [3.05, 3.63) is 29.3 Å². The summed E-state index contributed by atoms with van der Waals surface area (Å²) < 4.78 is 16.3. The van der Waals surface area contributed by atoms with Crippen LogP contribution in [0.25, 0.3) is 0 Å². The minimum absolute atomic E-state index is 0.0408. The minimum Gasteiger partial charge on any atom is -0.494 e. The van der Waals surface area contributed by atoms with Crippen molar-refractivity contribution in [2.24, 2.45) is 0 Å². The van der Waals surface area contributed by atoms with Crippen LogP contribution < -0.4 is 4.74 Å². The summed E-state index contributed by atoms with van der Waals surface area (Å²) >= 11 is 0. The van der Waals surface area contributed by atoms with Gasteiger partial charge in [-0.15, -0.1) is 0 Å². The van der Waals surface area contributed by atoms with Crippen LogP contribution in [0.15, 0.2) is 18.2 Å². The number of benzene rings is 1. The van der Waals surface area contributed by atoms with Crippen LogP contribution in [-0.2, 0) is 16.1 Å². The number of amides is 1. The Labute approximate surface area is 125 Å². The molecule has 1 aliphatic heterocycles.